The molecule has 28 heavy (non-hydrogen) atoms. The lowest BCUT2D eigenvalue weighted by atomic mass is 9.94. The number of para-hydroxylation sites is 2. The minimum atomic E-state index is -0.725. The average molecular weight is 396 g/mol. The van der Waals surface area contributed by atoms with Crippen molar-refractivity contribution < 1.29 is 9.59 Å². The Labute approximate surface area is 165 Å². The molecule has 0 saturated heterocycles. The molecule has 1 aliphatic carbocycles. The summed E-state index contributed by atoms with van der Waals surface area (Å²) in [4.78, 5) is 26.3. The summed E-state index contributed by atoms with van der Waals surface area (Å²) in [6.07, 6.45) is 3.28. The van der Waals surface area contributed by atoms with Crippen molar-refractivity contribution in [3.63, 3.8) is 0 Å². The Morgan fingerprint density at radius 3 is 2.64 bits per heavy atom. The van der Waals surface area contributed by atoms with Gasteiger partial charge in [-0.25, -0.2) is 9.48 Å². The first-order valence-electron chi connectivity index (χ1n) is 8.74. The number of primary amides is 2. The number of anilines is 2. The van der Waals surface area contributed by atoms with Crippen molar-refractivity contribution in [3.05, 3.63) is 47.3 Å². The highest BCUT2D eigenvalue weighted by Crippen LogP contribution is 2.45. The van der Waals surface area contributed by atoms with Crippen LogP contribution >= 0.6 is 11.3 Å². The summed E-state index contributed by atoms with van der Waals surface area (Å²) in [5.41, 5.74) is 15.9. The highest BCUT2D eigenvalue weighted by molar-refractivity contribution is 7.20. The molecule has 3 amide bonds. The Morgan fingerprint density at radius 1 is 1.21 bits per heavy atom. The number of rotatable bonds is 4. The average Bonchev–Trinajstić information content (AvgIpc) is 3.21. The van der Waals surface area contributed by atoms with E-state index in [0.29, 0.717) is 23.4 Å². The standard InChI is InChI=1S/C19H20N6O2S/c1-24(2)13-5-3-4-6-14(13)25-9-11-12(23-25)8-7-10-15(17(20)26)18(22-19(21)27)28-16(10)11/h3-6,9H,7-8H2,1-2H3,(H2,20,26)(H3,21,22,27). The zero-order chi connectivity index (χ0) is 20.0. The maximum absolute atomic E-state index is 12.0. The predicted octanol–water partition coefficient (Wildman–Crippen LogP) is 2.35. The monoisotopic (exact) mass is 396 g/mol. The van der Waals surface area contributed by atoms with Crippen molar-refractivity contribution in [1.82, 2.24) is 9.78 Å². The van der Waals surface area contributed by atoms with Crippen LogP contribution in [0, 0.1) is 0 Å². The Bertz CT molecular complexity index is 1100. The third-order valence-electron chi connectivity index (χ3n) is 4.75. The van der Waals surface area contributed by atoms with Crippen LogP contribution in [0.5, 0.6) is 0 Å². The zero-order valence-electron chi connectivity index (χ0n) is 15.5. The molecule has 0 fully saturated rings. The van der Waals surface area contributed by atoms with Crippen molar-refractivity contribution in [2.24, 2.45) is 11.5 Å². The van der Waals surface area contributed by atoms with Crippen molar-refractivity contribution in [1.29, 1.82) is 0 Å². The highest BCUT2D eigenvalue weighted by Gasteiger charge is 2.29. The lowest BCUT2D eigenvalue weighted by molar-refractivity contribution is 0.100. The molecule has 0 unspecified atom stereocenters. The number of aromatic nitrogens is 2. The molecule has 9 heteroatoms. The van der Waals surface area contributed by atoms with Crippen molar-refractivity contribution in [2.75, 3.05) is 24.3 Å². The molecule has 0 spiro atoms. The topological polar surface area (TPSA) is 119 Å². The van der Waals surface area contributed by atoms with E-state index < -0.39 is 11.9 Å². The van der Waals surface area contributed by atoms with E-state index in [9.17, 15) is 9.59 Å². The van der Waals surface area contributed by atoms with Crippen LogP contribution in [0.3, 0.4) is 0 Å². The molecule has 4 rings (SSSR count). The summed E-state index contributed by atoms with van der Waals surface area (Å²) in [5.74, 6) is -0.574. The van der Waals surface area contributed by atoms with E-state index >= 15 is 0 Å². The van der Waals surface area contributed by atoms with E-state index in [1.54, 1.807) is 0 Å². The van der Waals surface area contributed by atoms with Crippen LogP contribution in [0.1, 0.15) is 21.6 Å². The molecule has 1 aromatic carbocycles. The van der Waals surface area contributed by atoms with Crippen LogP contribution in [-0.2, 0) is 12.8 Å². The van der Waals surface area contributed by atoms with Gasteiger partial charge in [0.25, 0.3) is 5.91 Å². The Hall–Kier alpha value is -3.33. The van der Waals surface area contributed by atoms with Crippen LogP contribution in [0.15, 0.2) is 30.5 Å². The van der Waals surface area contributed by atoms with Crippen LogP contribution in [0.25, 0.3) is 16.1 Å². The molecule has 5 N–H and O–H groups in total. The van der Waals surface area contributed by atoms with Gasteiger partial charge in [0.1, 0.15) is 5.00 Å². The SMILES string of the molecule is CN(C)c1ccccc1-n1cc2c(n1)CCc1c-2sc(NC(N)=O)c1C(N)=O. The number of benzene rings is 1. The van der Waals surface area contributed by atoms with Gasteiger partial charge in [-0.2, -0.15) is 5.10 Å². The fraction of sp³-hybridized carbons (Fsp3) is 0.211. The maximum atomic E-state index is 12.0. The number of thiophene rings is 1. The largest absolute Gasteiger partial charge is 0.376 e. The van der Waals surface area contributed by atoms with Crippen molar-refractivity contribution >= 4 is 34.0 Å². The van der Waals surface area contributed by atoms with E-state index in [4.69, 9.17) is 16.6 Å². The van der Waals surface area contributed by atoms with E-state index in [1.165, 1.54) is 11.3 Å². The number of urea groups is 1. The summed E-state index contributed by atoms with van der Waals surface area (Å²) < 4.78 is 1.86. The van der Waals surface area contributed by atoms with Crippen LogP contribution in [0.2, 0.25) is 0 Å². The minimum absolute atomic E-state index is 0.339. The van der Waals surface area contributed by atoms with Crippen molar-refractivity contribution in [2.45, 2.75) is 12.8 Å². The van der Waals surface area contributed by atoms with Gasteiger partial charge in [-0.15, -0.1) is 11.3 Å². The van der Waals surface area contributed by atoms with Gasteiger partial charge < -0.3 is 16.4 Å². The molecule has 2 heterocycles. The first-order valence-corrected chi connectivity index (χ1v) is 9.56. The number of aryl methyl sites for hydroxylation is 1. The fourth-order valence-corrected chi connectivity index (χ4v) is 4.86. The van der Waals surface area contributed by atoms with Crippen molar-refractivity contribution in [3.8, 4) is 16.1 Å². The number of hydrogen-bond acceptors (Lipinski definition) is 5. The van der Waals surface area contributed by atoms with Gasteiger partial charge in [-0.3, -0.25) is 10.1 Å². The van der Waals surface area contributed by atoms with Gasteiger partial charge in [0.15, 0.2) is 0 Å². The molecule has 0 radical (unpaired) electrons. The van der Waals surface area contributed by atoms with Crippen LogP contribution < -0.4 is 21.7 Å². The zero-order valence-corrected chi connectivity index (χ0v) is 16.3. The predicted molar refractivity (Wildman–Crippen MR) is 110 cm³/mol. The molecule has 0 atom stereocenters. The molecule has 144 valence electrons. The number of fused-ring (bicyclic) bond motifs is 3. The lowest BCUT2D eigenvalue weighted by Gasteiger charge is -2.16. The van der Waals surface area contributed by atoms with Crippen LogP contribution in [0.4, 0.5) is 15.5 Å². The van der Waals surface area contributed by atoms with Gasteiger partial charge in [-0.1, -0.05) is 12.1 Å². The number of carbonyl (C=O) groups is 2. The van der Waals surface area contributed by atoms with E-state index in [-0.39, 0.29) is 0 Å². The summed E-state index contributed by atoms with van der Waals surface area (Å²) in [6, 6.07) is 7.28. The van der Waals surface area contributed by atoms with Gasteiger partial charge in [0.05, 0.1) is 22.6 Å². The fourth-order valence-electron chi connectivity index (χ4n) is 3.57. The first-order chi connectivity index (χ1) is 13.4. The van der Waals surface area contributed by atoms with E-state index in [1.807, 2.05) is 54.1 Å². The van der Waals surface area contributed by atoms with Crippen LogP contribution in [-0.4, -0.2) is 35.8 Å². The molecule has 0 bridgehead atoms. The summed E-state index contributed by atoms with van der Waals surface area (Å²) in [7, 11) is 3.97. The second-order valence-electron chi connectivity index (χ2n) is 6.78. The van der Waals surface area contributed by atoms with E-state index in [2.05, 4.69) is 5.32 Å². The number of nitrogens with zero attached hydrogens (tertiary/aromatic N) is 3. The highest BCUT2D eigenvalue weighted by atomic mass is 32.1. The smallest absolute Gasteiger partial charge is 0.317 e. The molecule has 1 aliphatic rings. The first kappa shape index (κ1) is 18.1. The molecule has 2 aromatic heterocycles. The van der Waals surface area contributed by atoms with E-state index in [0.717, 1.165) is 33.1 Å². The number of nitrogens with one attached hydrogen (secondary N) is 1. The van der Waals surface area contributed by atoms with Gasteiger partial charge in [-0.05, 0) is 30.5 Å². The molecular weight excluding hydrogens is 376 g/mol. The molecule has 3 aromatic rings. The quantitative estimate of drug-likeness (QED) is 0.627. The third kappa shape index (κ3) is 2.89. The van der Waals surface area contributed by atoms with Gasteiger partial charge >= 0.3 is 6.03 Å². The summed E-state index contributed by atoms with van der Waals surface area (Å²) in [6.45, 7) is 0. The summed E-state index contributed by atoms with van der Waals surface area (Å²) in [5, 5.41) is 7.69. The molecule has 0 saturated carbocycles. The maximum Gasteiger partial charge on any atom is 0.317 e. The molecule has 0 aliphatic heterocycles. The summed E-state index contributed by atoms with van der Waals surface area (Å²) >= 11 is 1.30. The lowest BCUT2D eigenvalue weighted by Crippen LogP contribution is -2.22. The van der Waals surface area contributed by atoms with Gasteiger partial charge in [0.2, 0.25) is 0 Å². The number of carbonyl (C=O) groups excluding carboxylic acids is 2. The molecule has 8 nitrogen and oxygen atoms in total. The number of nitrogens with two attached hydrogens (primary N) is 2. The normalized spacial score (nSPS) is 12.2. The minimum Gasteiger partial charge on any atom is -0.376 e. The van der Waals surface area contributed by atoms with Gasteiger partial charge in [0, 0.05) is 30.7 Å². The second kappa shape index (κ2) is 6.68. The Balaban J connectivity index is 1.86. The molecular formula is C19H20N6O2S. The Kier molecular flexibility index (Phi) is 4.31. The second-order valence-corrected chi connectivity index (χ2v) is 7.81. The third-order valence-corrected chi connectivity index (χ3v) is 5.93. The number of amides is 3. The Morgan fingerprint density at radius 2 is 1.96 bits per heavy atom. The number of hydrogen-bond donors (Lipinski definition) is 3.